The minimum absolute atomic E-state index is 0.472. The predicted molar refractivity (Wildman–Crippen MR) is 76.3 cm³/mol. The zero-order valence-corrected chi connectivity index (χ0v) is 11.1. The Kier molecular flexibility index (Phi) is 2.90. The van der Waals surface area contributed by atoms with E-state index in [1.165, 1.54) is 0 Å². The first-order chi connectivity index (χ1) is 9.19. The molecule has 19 heavy (non-hydrogen) atoms. The van der Waals surface area contributed by atoms with Gasteiger partial charge in [0, 0.05) is 5.56 Å². The quantitative estimate of drug-likeness (QED) is 0.721. The minimum Gasteiger partial charge on any atom is -0.338 e. The second-order valence-corrected chi connectivity index (χ2v) is 4.84. The monoisotopic (exact) mass is 287 g/mol. The average molecular weight is 288 g/mol. The smallest absolute Gasteiger partial charge is 0.138 e. The number of halogens is 2. The second-order valence-electron chi connectivity index (χ2n) is 4.03. The fourth-order valence-electron chi connectivity index (χ4n) is 1.90. The van der Waals surface area contributed by atoms with Gasteiger partial charge in [0.2, 0.25) is 0 Å². The molecule has 0 spiro atoms. The van der Waals surface area contributed by atoms with Crippen molar-refractivity contribution in [2.24, 2.45) is 0 Å². The number of para-hydroxylation sites is 1. The highest BCUT2D eigenvalue weighted by atomic mass is 35.5. The Labute approximate surface area is 119 Å². The summed E-state index contributed by atoms with van der Waals surface area (Å²) in [5, 5.41) is 10.0. The molecule has 0 atom stereocenters. The average Bonchev–Trinajstić information content (AvgIpc) is 2.85. The molecule has 0 aliphatic rings. The van der Waals surface area contributed by atoms with E-state index in [0.29, 0.717) is 26.9 Å². The molecule has 0 fully saturated rings. The van der Waals surface area contributed by atoms with E-state index in [1.54, 1.807) is 18.2 Å². The van der Waals surface area contributed by atoms with Crippen LogP contribution < -0.4 is 0 Å². The molecule has 2 aromatic carbocycles. The third-order valence-electron chi connectivity index (χ3n) is 2.83. The number of rotatable bonds is 1. The Balaban J connectivity index is 2.21. The number of hydrogen-bond donors (Lipinski definition) is 1. The van der Waals surface area contributed by atoms with Gasteiger partial charge < -0.3 is 4.98 Å². The Morgan fingerprint density at radius 1 is 1.11 bits per heavy atom. The predicted octanol–water partition coefficient (Wildman–Crippen LogP) is 4.41. The van der Waals surface area contributed by atoms with Gasteiger partial charge in [-0.1, -0.05) is 29.3 Å². The fourth-order valence-corrected chi connectivity index (χ4v) is 2.20. The van der Waals surface area contributed by atoms with Crippen LogP contribution in [-0.2, 0) is 0 Å². The number of nitriles is 1. The zero-order valence-electron chi connectivity index (χ0n) is 9.61. The third kappa shape index (κ3) is 2.06. The van der Waals surface area contributed by atoms with Gasteiger partial charge in [-0.05, 0) is 30.3 Å². The number of benzene rings is 2. The minimum atomic E-state index is 0.472. The first-order valence-corrected chi connectivity index (χ1v) is 6.29. The zero-order chi connectivity index (χ0) is 13.4. The van der Waals surface area contributed by atoms with Crippen molar-refractivity contribution in [1.82, 2.24) is 9.97 Å². The van der Waals surface area contributed by atoms with E-state index in [4.69, 9.17) is 28.5 Å². The molecule has 3 nitrogen and oxygen atoms in total. The van der Waals surface area contributed by atoms with Gasteiger partial charge in [-0.3, -0.25) is 0 Å². The number of nitrogens with one attached hydrogen (secondary N) is 1. The highest BCUT2D eigenvalue weighted by Gasteiger charge is 2.09. The summed E-state index contributed by atoms with van der Waals surface area (Å²) in [5.41, 5.74) is 2.85. The largest absolute Gasteiger partial charge is 0.338 e. The molecule has 92 valence electrons. The summed E-state index contributed by atoms with van der Waals surface area (Å²) >= 11 is 11.9. The molecule has 0 saturated carbocycles. The fraction of sp³-hybridized carbons (Fsp3) is 0. The van der Waals surface area contributed by atoms with Crippen LogP contribution in [0, 0.1) is 11.3 Å². The molecule has 1 N–H and O–H groups in total. The summed E-state index contributed by atoms with van der Waals surface area (Å²) in [6, 6.07) is 12.9. The number of aromatic nitrogens is 2. The van der Waals surface area contributed by atoms with Crippen molar-refractivity contribution in [3.05, 3.63) is 52.0 Å². The first kappa shape index (κ1) is 12.0. The molecule has 0 amide bonds. The highest BCUT2D eigenvalue weighted by molar-refractivity contribution is 6.42. The Bertz CT molecular complexity index is 815. The van der Waals surface area contributed by atoms with E-state index < -0.39 is 0 Å². The van der Waals surface area contributed by atoms with Crippen LogP contribution in [0.25, 0.3) is 22.4 Å². The maximum absolute atomic E-state index is 9.05. The first-order valence-electron chi connectivity index (χ1n) is 5.53. The normalized spacial score (nSPS) is 10.6. The Morgan fingerprint density at radius 2 is 1.95 bits per heavy atom. The lowest BCUT2D eigenvalue weighted by Gasteiger charge is -1.99. The summed E-state index contributed by atoms with van der Waals surface area (Å²) in [5.74, 6) is 0.663. The standard InChI is InChI=1S/C14H7Cl2N3/c15-10-5-4-8(6-11(10)16)14-18-12-3-1-2-9(7-17)13(12)19-14/h1-6H,(H,18,19). The number of imidazole rings is 1. The van der Waals surface area contributed by atoms with Crippen LogP contribution in [0.1, 0.15) is 5.56 Å². The third-order valence-corrected chi connectivity index (χ3v) is 3.57. The number of nitrogens with zero attached hydrogens (tertiary/aromatic N) is 2. The molecular weight excluding hydrogens is 281 g/mol. The summed E-state index contributed by atoms with van der Waals surface area (Å²) in [6.45, 7) is 0. The van der Waals surface area contributed by atoms with Gasteiger partial charge in [0.1, 0.15) is 17.4 Å². The Hall–Kier alpha value is -2.02. The van der Waals surface area contributed by atoms with Crippen molar-refractivity contribution < 1.29 is 0 Å². The topological polar surface area (TPSA) is 52.5 Å². The van der Waals surface area contributed by atoms with E-state index >= 15 is 0 Å². The Morgan fingerprint density at radius 3 is 2.68 bits per heavy atom. The van der Waals surface area contributed by atoms with E-state index in [9.17, 15) is 0 Å². The van der Waals surface area contributed by atoms with Crippen LogP contribution in [0.15, 0.2) is 36.4 Å². The molecule has 0 saturated heterocycles. The molecule has 0 bridgehead atoms. The maximum atomic E-state index is 9.05. The lowest BCUT2D eigenvalue weighted by atomic mass is 10.2. The second kappa shape index (κ2) is 4.58. The van der Waals surface area contributed by atoms with E-state index in [-0.39, 0.29) is 0 Å². The van der Waals surface area contributed by atoms with Gasteiger partial charge in [-0.15, -0.1) is 0 Å². The van der Waals surface area contributed by atoms with Crippen molar-refractivity contribution in [2.45, 2.75) is 0 Å². The molecule has 1 heterocycles. The number of hydrogen-bond acceptors (Lipinski definition) is 2. The number of fused-ring (bicyclic) bond motifs is 1. The van der Waals surface area contributed by atoms with Crippen LogP contribution in [0.5, 0.6) is 0 Å². The van der Waals surface area contributed by atoms with Crippen molar-refractivity contribution in [2.75, 3.05) is 0 Å². The van der Waals surface area contributed by atoms with Gasteiger partial charge in [0.05, 0.1) is 21.1 Å². The molecule has 3 aromatic rings. The van der Waals surface area contributed by atoms with Gasteiger partial charge in [-0.2, -0.15) is 5.26 Å². The van der Waals surface area contributed by atoms with E-state index in [0.717, 1.165) is 11.1 Å². The SMILES string of the molecule is N#Cc1cccc2[nH]c(-c3ccc(Cl)c(Cl)c3)nc12. The molecule has 0 unspecified atom stereocenters. The summed E-state index contributed by atoms with van der Waals surface area (Å²) in [7, 11) is 0. The maximum Gasteiger partial charge on any atom is 0.138 e. The summed E-state index contributed by atoms with van der Waals surface area (Å²) in [6.07, 6.45) is 0. The van der Waals surface area contributed by atoms with Crippen LogP contribution >= 0.6 is 23.2 Å². The van der Waals surface area contributed by atoms with Gasteiger partial charge in [0.15, 0.2) is 0 Å². The van der Waals surface area contributed by atoms with Gasteiger partial charge in [0.25, 0.3) is 0 Å². The lowest BCUT2D eigenvalue weighted by molar-refractivity contribution is 1.33. The molecule has 0 radical (unpaired) electrons. The van der Waals surface area contributed by atoms with Crippen LogP contribution in [0.4, 0.5) is 0 Å². The van der Waals surface area contributed by atoms with E-state index in [1.807, 2.05) is 18.2 Å². The van der Waals surface area contributed by atoms with Crippen molar-refractivity contribution in [3.8, 4) is 17.5 Å². The van der Waals surface area contributed by atoms with Crippen molar-refractivity contribution in [1.29, 1.82) is 5.26 Å². The van der Waals surface area contributed by atoms with Crippen molar-refractivity contribution >= 4 is 34.2 Å². The molecular formula is C14H7Cl2N3. The van der Waals surface area contributed by atoms with Crippen LogP contribution in [0.3, 0.4) is 0 Å². The molecule has 1 aromatic heterocycles. The van der Waals surface area contributed by atoms with Crippen LogP contribution in [-0.4, -0.2) is 9.97 Å². The number of aromatic amines is 1. The molecule has 5 heteroatoms. The lowest BCUT2D eigenvalue weighted by Crippen LogP contribution is -1.81. The summed E-state index contributed by atoms with van der Waals surface area (Å²) in [4.78, 5) is 7.61. The highest BCUT2D eigenvalue weighted by Crippen LogP contribution is 2.28. The number of H-pyrrole nitrogens is 1. The van der Waals surface area contributed by atoms with E-state index in [2.05, 4.69) is 16.0 Å². The van der Waals surface area contributed by atoms with Crippen LogP contribution in [0.2, 0.25) is 10.0 Å². The molecule has 3 rings (SSSR count). The van der Waals surface area contributed by atoms with Gasteiger partial charge in [-0.25, -0.2) is 4.98 Å². The van der Waals surface area contributed by atoms with Gasteiger partial charge >= 0.3 is 0 Å². The summed E-state index contributed by atoms with van der Waals surface area (Å²) < 4.78 is 0. The van der Waals surface area contributed by atoms with Crippen molar-refractivity contribution in [3.63, 3.8) is 0 Å². The molecule has 0 aliphatic heterocycles. The molecule has 0 aliphatic carbocycles.